The molecule has 0 N–H and O–H groups in total. The van der Waals surface area contributed by atoms with Gasteiger partial charge in [-0.15, -0.1) is 0 Å². The third-order valence-corrected chi connectivity index (χ3v) is 5.31. The van der Waals surface area contributed by atoms with Crippen LogP contribution in [0.2, 0.25) is 0 Å². The number of nitro groups is 1. The summed E-state index contributed by atoms with van der Waals surface area (Å²) in [6, 6.07) is 2.75. The van der Waals surface area contributed by atoms with E-state index in [1.54, 1.807) is 25.7 Å². The Morgan fingerprint density at radius 3 is 2.58 bits per heavy atom. The van der Waals surface area contributed by atoms with E-state index in [1.807, 2.05) is 0 Å². The molecule has 1 aliphatic heterocycles. The van der Waals surface area contributed by atoms with E-state index in [4.69, 9.17) is 4.74 Å². The number of hydrogen-bond acceptors (Lipinski definition) is 6. The second-order valence-electron chi connectivity index (χ2n) is 6.55. The van der Waals surface area contributed by atoms with Crippen molar-refractivity contribution < 1.29 is 18.7 Å². The first-order valence-electron chi connectivity index (χ1n) is 7.67. The van der Waals surface area contributed by atoms with Crippen molar-refractivity contribution in [2.45, 2.75) is 49.5 Å². The number of piperidine rings is 1. The third-order valence-electron chi connectivity index (χ3n) is 3.53. The summed E-state index contributed by atoms with van der Waals surface area (Å²) in [4.78, 5) is 28.0. The molecule has 1 amide bonds. The van der Waals surface area contributed by atoms with E-state index in [0.29, 0.717) is 25.9 Å². The highest BCUT2D eigenvalue weighted by molar-refractivity contribution is 7.85. The van der Waals surface area contributed by atoms with Gasteiger partial charge in [-0.1, -0.05) is 0 Å². The van der Waals surface area contributed by atoms with Gasteiger partial charge in [-0.2, -0.15) is 0 Å². The summed E-state index contributed by atoms with van der Waals surface area (Å²) in [6.07, 6.45) is 1.98. The van der Waals surface area contributed by atoms with Crippen molar-refractivity contribution in [2.24, 2.45) is 0 Å². The Bertz CT molecular complexity index is 651. The van der Waals surface area contributed by atoms with E-state index in [1.165, 1.54) is 18.3 Å². The zero-order valence-corrected chi connectivity index (χ0v) is 14.7. The molecular weight excluding hydrogens is 334 g/mol. The summed E-state index contributed by atoms with van der Waals surface area (Å²) in [7, 11) is -1.58. The van der Waals surface area contributed by atoms with Gasteiger partial charge in [-0.25, -0.2) is 9.78 Å². The van der Waals surface area contributed by atoms with Crippen LogP contribution in [0.3, 0.4) is 0 Å². The fourth-order valence-electron chi connectivity index (χ4n) is 2.41. The predicted octanol–water partition coefficient (Wildman–Crippen LogP) is 2.50. The van der Waals surface area contributed by atoms with Gasteiger partial charge >= 0.3 is 11.8 Å². The molecule has 2 heterocycles. The fraction of sp³-hybridized carbons (Fsp3) is 0.600. The summed E-state index contributed by atoms with van der Waals surface area (Å²) in [5.74, 6) is 0. The van der Waals surface area contributed by atoms with Crippen LogP contribution in [0.1, 0.15) is 33.6 Å². The van der Waals surface area contributed by atoms with Crippen molar-refractivity contribution in [1.82, 2.24) is 9.88 Å². The lowest BCUT2D eigenvalue weighted by atomic mass is 10.1. The zero-order chi connectivity index (χ0) is 17.9. The molecule has 0 aliphatic carbocycles. The summed E-state index contributed by atoms with van der Waals surface area (Å²) in [6.45, 7) is 6.21. The van der Waals surface area contributed by atoms with Crippen LogP contribution in [0, 0.1) is 10.1 Å². The summed E-state index contributed by atoms with van der Waals surface area (Å²) in [5, 5.41) is 10.8. The number of ether oxygens (including phenoxy) is 1. The highest BCUT2D eigenvalue weighted by Crippen LogP contribution is 2.26. The fourth-order valence-corrected chi connectivity index (χ4v) is 3.88. The average molecular weight is 355 g/mol. The Kier molecular flexibility index (Phi) is 5.53. The first kappa shape index (κ1) is 18.3. The third kappa shape index (κ3) is 4.50. The number of amides is 1. The van der Waals surface area contributed by atoms with E-state index < -0.39 is 27.4 Å². The lowest BCUT2D eigenvalue weighted by Crippen LogP contribution is -2.43. The van der Waals surface area contributed by atoms with Gasteiger partial charge in [-0.3, -0.25) is 14.3 Å². The minimum atomic E-state index is -1.58. The van der Waals surface area contributed by atoms with Crippen LogP contribution in [-0.2, 0) is 15.5 Å². The Morgan fingerprint density at radius 1 is 1.42 bits per heavy atom. The molecule has 9 heteroatoms. The molecule has 1 aromatic rings. The Hall–Kier alpha value is -2.03. The monoisotopic (exact) mass is 355 g/mol. The number of carbonyl (C=O) groups is 1. The molecule has 0 aromatic carbocycles. The largest absolute Gasteiger partial charge is 0.444 e. The van der Waals surface area contributed by atoms with Crippen LogP contribution in [0.5, 0.6) is 0 Å². The van der Waals surface area contributed by atoms with Crippen LogP contribution in [0.4, 0.5) is 10.5 Å². The molecule has 24 heavy (non-hydrogen) atoms. The minimum Gasteiger partial charge on any atom is -0.444 e. The van der Waals surface area contributed by atoms with Crippen molar-refractivity contribution in [3.8, 4) is 0 Å². The van der Waals surface area contributed by atoms with Crippen LogP contribution in [0.25, 0.3) is 0 Å². The lowest BCUT2D eigenvalue weighted by Gasteiger charge is -2.32. The summed E-state index contributed by atoms with van der Waals surface area (Å²) < 4.78 is 18.0. The smallest absolute Gasteiger partial charge is 0.410 e. The van der Waals surface area contributed by atoms with Crippen LogP contribution >= 0.6 is 0 Å². The molecule has 0 saturated carbocycles. The SMILES string of the molecule is CC(C)(C)OC(=O)N1CCC(S(=O)c2ncccc2[N+](=O)[O-])CC1. The molecular formula is C15H21N3O5S. The molecule has 8 nitrogen and oxygen atoms in total. The Balaban J connectivity index is 2.01. The van der Waals surface area contributed by atoms with E-state index in [0.717, 1.165) is 0 Å². The maximum Gasteiger partial charge on any atom is 0.410 e. The molecule has 132 valence electrons. The van der Waals surface area contributed by atoms with E-state index >= 15 is 0 Å². The number of aromatic nitrogens is 1. The van der Waals surface area contributed by atoms with Gasteiger partial charge in [0.25, 0.3) is 0 Å². The standard InChI is InChI=1S/C15H21N3O5S/c1-15(2,3)23-14(19)17-9-6-11(7-10-17)24(22)13-12(18(20)21)5-4-8-16-13/h4-5,8,11H,6-7,9-10H2,1-3H3. The molecule has 0 spiro atoms. The number of likely N-dealkylation sites (tertiary alicyclic amines) is 1. The maximum atomic E-state index is 12.6. The van der Waals surface area contributed by atoms with Gasteiger partial charge in [0.2, 0.25) is 5.03 Å². The van der Waals surface area contributed by atoms with Crippen molar-refractivity contribution >= 4 is 22.6 Å². The van der Waals surface area contributed by atoms with Crippen molar-refractivity contribution in [3.63, 3.8) is 0 Å². The molecule has 1 atom stereocenters. The molecule has 0 bridgehead atoms. The predicted molar refractivity (Wildman–Crippen MR) is 88.1 cm³/mol. The van der Waals surface area contributed by atoms with Crippen LogP contribution < -0.4 is 0 Å². The van der Waals surface area contributed by atoms with Crippen LogP contribution in [-0.4, -0.2) is 49.0 Å². The molecule has 1 fully saturated rings. The quantitative estimate of drug-likeness (QED) is 0.609. The van der Waals surface area contributed by atoms with Gasteiger partial charge < -0.3 is 9.64 Å². The summed E-state index contributed by atoms with van der Waals surface area (Å²) in [5.41, 5.74) is -0.795. The normalized spacial score (nSPS) is 17.4. The van der Waals surface area contributed by atoms with Gasteiger partial charge in [-0.05, 0) is 39.7 Å². The maximum absolute atomic E-state index is 12.6. The van der Waals surface area contributed by atoms with E-state index in [2.05, 4.69) is 4.98 Å². The number of rotatable bonds is 3. The Labute approximate surface area is 142 Å². The molecule has 0 radical (unpaired) electrons. The van der Waals surface area contributed by atoms with E-state index in [9.17, 15) is 19.1 Å². The number of nitrogens with zero attached hydrogens (tertiary/aromatic N) is 3. The van der Waals surface area contributed by atoms with Crippen molar-refractivity contribution in [1.29, 1.82) is 0 Å². The molecule has 1 unspecified atom stereocenters. The molecule has 1 aromatic heterocycles. The second-order valence-corrected chi connectivity index (χ2v) is 8.20. The number of carbonyl (C=O) groups excluding carboxylic acids is 1. The van der Waals surface area contributed by atoms with Gasteiger partial charge in [0.15, 0.2) is 0 Å². The molecule has 2 rings (SSSR count). The van der Waals surface area contributed by atoms with Gasteiger partial charge in [0.05, 0.1) is 15.7 Å². The highest BCUT2D eigenvalue weighted by Gasteiger charge is 2.32. The topological polar surface area (TPSA) is 103 Å². The van der Waals surface area contributed by atoms with E-state index in [-0.39, 0.29) is 16.0 Å². The Morgan fingerprint density at radius 2 is 2.04 bits per heavy atom. The number of hydrogen-bond donors (Lipinski definition) is 0. The first-order chi connectivity index (χ1) is 11.2. The number of pyridine rings is 1. The summed E-state index contributed by atoms with van der Waals surface area (Å²) >= 11 is 0. The van der Waals surface area contributed by atoms with Gasteiger partial charge in [0, 0.05) is 30.6 Å². The van der Waals surface area contributed by atoms with Crippen molar-refractivity contribution in [3.05, 3.63) is 28.4 Å². The van der Waals surface area contributed by atoms with Crippen LogP contribution in [0.15, 0.2) is 23.4 Å². The average Bonchev–Trinajstić information content (AvgIpc) is 2.52. The van der Waals surface area contributed by atoms with Gasteiger partial charge in [0.1, 0.15) is 5.60 Å². The highest BCUT2D eigenvalue weighted by atomic mass is 32.2. The first-order valence-corrected chi connectivity index (χ1v) is 8.88. The molecule has 1 saturated heterocycles. The minimum absolute atomic E-state index is 0.00165. The lowest BCUT2D eigenvalue weighted by molar-refractivity contribution is -0.388. The molecule has 1 aliphatic rings. The second kappa shape index (κ2) is 7.25. The van der Waals surface area contributed by atoms with Crippen molar-refractivity contribution in [2.75, 3.05) is 13.1 Å². The zero-order valence-electron chi connectivity index (χ0n) is 13.9.